The zero-order valence-electron chi connectivity index (χ0n) is 15.5. The van der Waals surface area contributed by atoms with Crippen molar-refractivity contribution in [3.05, 3.63) is 65.7 Å². The number of para-hydroxylation sites is 1. The Labute approximate surface area is 156 Å². The first-order valence-corrected chi connectivity index (χ1v) is 10.5. The lowest BCUT2D eigenvalue weighted by atomic mass is 10.1. The van der Waals surface area contributed by atoms with E-state index in [-0.39, 0.29) is 18.5 Å². The predicted molar refractivity (Wildman–Crippen MR) is 106 cm³/mol. The monoisotopic (exact) mass is 374 g/mol. The molecule has 0 heterocycles. The van der Waals surface area contributed by atoms with Crippen LogP contribution in [0.4, 0.5) is 5.69 Å². The molecule has 0 unspecified atom stereocenters. The summed E-state index contributed by atoms with van der Waals surface area (Å²) >= 11 is 0. The van der Waals surface area contributed by atoms with Gasteiger partial charge in [0.1, 0.15) is 6.54 Å². The van der Waals surface area contributed by atoms with Gasteiger partial charge in [-0.05, 0) is 43.9 Å². The minimum atomic E-state index is -3.55. The van der Waals surface area contributed by atoms with Gasteiger partial charge in [0.05, 0.1) is 11.9 Å². The molecule has 0 fully saturated rings. The van der Waals surface area contributed by atoms with Gasteiger partial charge in [0.25, 0.3) is 0 Å². The normalized spacial score (nSPS) is 12.4. The van der Waals surface area contributed by atoms with Gasteiger partial charge in [0, 0.05) is 6.04 Å². The first-order chi connectivity index (χ1) is 12.3. The van der Waals surface area contributed by atoms with E-state index in [4.69, 9.17) is 0 Å². The molecule has 0 aliphatic heterocycles. The van der Waals surface area contributed by atoms with Crippen molar-refractivity contribution in [3.63, 3.8) is 0 Å². The maximum absolute atomic E-state index is 12.4. The standard InChI is InChI=1S/C20H26N2O3S/c1-16-9-7-8-12-19(16)22(26(3,24)25)15-20(23)21-17(2)13-14-18-10-5-4-6-11-18/h4-12,17H,13-15H2,1-3H3,(H,21,23)/t17-/m1/s1. The van der Waals surface area contributed by atoms with Crippen molar-refractivity contribution < 1.29 is 13.2 Å². The largest absolute Gasteiger partial charge is 0.352 e. The Kier molecular flexibility index (Phi) is 6.80. The van der Waals surface area contributed by atoms with E-state index in [0.29, 0.717) is 5.69 Å². The van der Waals surface area contributed by atoms with Crippen molar-refractivity contribution in [3.8, 4) is 0 Å². The minimum Gasteiger partial charge on any atom is -0.352 e. The number of benzene rings is 2. The molecule has 1 atom stereocenters. The second-order valence-corrected chi connectivity index (χ2v) is 8.46. The molecule has 5 nitrogen and oxygen atoms in total. The number of nitrogens with zero attached hydrogens (tertiary/aromatic N) is 1. The first kappa shape index (κ1) is 20.0. The minimum absolute atomic E-state index is 0.0408. The molecule has 1 N–H and O–H groups in total. The molecule has 0 bridgehead atoms. The van der Waals surface area contributed by atoms with Crippen molar-refractivity contribution >= 4 is 21.6 Å². The molecule has 0 aliphatic rings. The van der Waals surface area contributed by atoms with Crippen LogP contribution in [0.15, 0.2) is 54.6 Å². The molecule has 0 radical (unpaired) electrons. The summed E-state index contributed by atoms with van der Waals surface area (Å²) in [6.45, 7) is 3.53. The number of sulfonamides is 1. The summed E-state index contributed by atoms with van der Waals surface area (Å²) in [4.78, 5) is 12.4. The fourth-order valence-corrected chi connectivity index (χ4v) is 3.69. The smallest absolute Gasteiger partial charge is 0.240 e. The molecule has 2 rings (SSSR count). The highest BCUT2D eigenvalue weighted by molar-refractivity contribution is 7.92. The van der Waals surface area contributed by atoms with Crippen molar-refractivity contribution in [2.75, 3.05) is 17.1 Å². The number of hydrogen-bond acceptors (Lipinski definition) is 3. The van der Waals surface area contributed by atoms with Crippen LogP contribution in [0.3, 0.4) is 0 Å². The number of carbonyl (C=O) groups is 1. The highest BCUT2D eigenvalue weighted by Crippen LogP contribution is 2.21. The number of anilines is 1. The van der Waals surface area contributed by atoms with E-state index >= 15 is 0 Å². The number of hydrogen-bond donors (Lipinski definition) is 1. The third kappa shape index (κ3) is 5.88. The fourth-order valence-electron chi connectivity index (χ4n) is 2.78. The van der Waals surface area contributed by atoms with Crippen LogP contribution in [0.25, 0.3) is 0 Å². The van der Waals surface area contributed by atoms with Gasteiger partial charge < -0.3 is 5.32 Å². The lowest BCUT2D eigenvalue weighted by molar-refractivity contribution is -0.120. The van der Waals surface area contributed by atoms with Gasteiger partial charge >= 0.3 is 0 Å². The Balaban J connectivity index is 1.98. The second-order valence-electron chi connectivity index (χ2n) is 6.55. The maximum atomic E-state index is 12.4. The number of carbonyl (C=O) groups excluding carboxylic acids is 1. The number of nitrogens with one attached hydrogen (secondary N) is 1. The summed E-state index contributed by atoms with van der Waals surface area (Å²) in [6, 6.07) is 17.2. The summed E-state index contributed by atoms with van der Waals surface area (Å²) in [5.74, 6) is -0.306. The van der Waals surface area contributed by atoms with Crippen LogP contribution in [-0.4, -0.2) is 33.2 Å². The summed E-state index contributed by atoms with van der Waals surface area (Å²) in [7, 11) is -3.55. The van der Waals surface area contributed by atoms with Gasteiger partial charge in [-0.3, -0.25) is 9.10 Å². The average molecular weight is 375 g/mol. The van der Waals surface area contributed by atoms with E-state index in [1.54, 1.807) is 12.1 Å². The van der Waals surface area contributed by atoms with Crippen LogP contribution >= 0.6 is 0 Å². The van der Waals surface area contributed by atoms with Crippen molar-refractivity contribution in [2.24, 2.45) is 0 Å². The summed E-state index contributed by atoms with van der Waals surface area (Å²) in [5.41, 5.74) is 2.55. The molecule has 0 spiro atoms. The Morgan fingerprint density at radius 2 is 1.69 bits per heavy atom. The van der Waals surface area contributed by atoms with Gasteiger partial charge in [-0.15, -0.1) is 0 Å². The summed E-state index contributed by atoms with van der Waals surface area (Å²) < 4.78 is 25.5. The quantitative estimate of drug-likeness (QED) is 0.773. The molecule has 0 saturated carbocycles. The molecule has 2 aromatic rings. The highest BCUT2D eigenvalue weighted by Gasteiger charge is 2.22. The maximum Gasteiger partial charge on any atom is 0.240 e. The summed E-state index contributed by atoms with van der Waals surface area (Å²) in [5, 5.41) is 2.90. The van der Waals surface area contributed by atoms with Crippen LogP contribution in [0, 0.1) is 6.92 Å². The Bertz CT molecular complexity index is 835. The zero-order valence-corrected chi connectivity index (χ0v) is 16.3. The van der Waals surface area contributed by atoms with Crippen molar-refractivity contribution in [1.29, 1.82) is 0 Å². The van der Waals surface area contributed by atoms with E-state index in [9.17, 15) is 13.2 Å². The predicted octanol–water partition coefficient (Wildman–Crippen LogP) is 2.90. The lowest BCUT2D eigenvalue weighted by Gasteiger charge is -2.24. The number of rotatable bonds is 8. The molecule has 140 valence electrons. The third-order valence-electron chi connectivity index (χ3n) is 4.19. The Hall–Kier alpha value is -2.34. The van der Waals surface area contributed by atoms with Crippen LogP contribution < -0.4 is 9.62 Å². The molecule has 0 aromatic heterocycles. The van der Waals surface area contributed by atoms with Crippen molar-refractivity contribution in [2.45, 2.75) is 32.7 Å². The van der Waals surface area contributed by atoms with Crippen LogP contribution in [0.2, 0.25) is 0 Å². The van der Waals surface area contributed by atoms with Gasteiger partial charge in [-0.1, -0.05) is 48.5 Å². The van der Waals surface area contributed by atoms with E-state index in [1.165, 1.54) is 5.56 Å². The van der Waals surface area contributed by atoms with Crippen LogP contribution in [0.1, 0.15) is 24.5 Å². The molecular formula is C20H26N2O3S. The van der Waals surface area contributed by atoms with Crippen LogP contribution in [-0.2, 0) is 21.2 Å². The Morgan fingerprint density at radius 3 is 2.31 bits per heavy atom. The SMILES string of the molecule is Cc1ccccc1N(CC(=O)N[C@H](C)CCc1ccccc1)S(C)(=O)=O. The van der Waals surface area contributed by atoms with E-state index in [2.05, 4.69) is 17.4 Å². The summed E-state index contributed by atoms with van der Waals surface area (Å²) in [6.07, 6.45) is 2.76. The van der Waals surface area contributed by atoms with Crippen LogP contribution in [0.5, 0.6) is 0 Å². The topological polar surface area (TPSA) is 66.5 Å². The van der Waals surface area contributed by atoms with E-state index < -0.39 is 10.0 Å². The first-order valence-electron chi connectivity index (χ1n) is 8.64. The van der Waals surface area contributed by atoms with E-state index in [0.717, 1.165) is 29.0 Å². The number of aryl methyl sites for hydroxylation is 2. The third-order valence-corrected chi connectivity index (χ3v) is 5.31. The Morgan fingerprint density at radius 1 is 1.08 bits per heavy atom. The molecule has 0 aliphatic carbocycles. The van der Waals surface area contributed by atoms with Gasteiger partial charge in [-0.2, -0.15) is 0 Å². The average Bonchev–Trinajstić information content (AvgIpc) is 2.59. The molecule has 0 saturated heterocycles. The molecule has 6 heteroatoms. The molecule has 1 amide bonds. The van der Waals surface area contributed by atoms with Gasteiger partial charge in [0.15, 0.2) is 0 Å². The lowest BCUT2D eigenvalue weighted by Crippen LogP contribution is -2.43. The molecule has 2 aromatic carbocycles. The van der Waals surface area contributed by atoms with Gasteiger partial charge in [-0.25, -0.2) is 8.42 Å². The molecular weight excluding hydrogens is 348 g/mol. The van der Waals surface area contributed by atoms with Gasteiger partial charge in [0.2, 0.25) is 15.9 Å². The fraction of sp³-hybridized carbons (Fsp3) is 0.350. The van der Waals surface area contributed by atoms with E-state index in [1.807, 2.05) is 44.2 Å². The second kappa shape index (κ2) is 8.85. The number of amides is 1. The zero-order chi connectivity index (χ0) is 19.2. The highest BCUT2D eigenvalue weighted by atomic mass is 32.2. The van der Waals surface area contributed by atoms with Crippen molar-refractivity contribution in [1.82, 2.24) is 5.32 Å². The molecule has 26 heavy (non-hydrogen) atoms.